The number of esters is 1. The Morgan fingerprint density at radius 2 is 1.94 bits per heavy atom. The highest BCUT2D eigenvalue weighted by molar-refractivity contribution is 9.12. The first-order valence-corrected chi connectivity index (χ1v) is 12.3. The molecule has 0 aromatic carbocycles. The molecule has 2 unspecified atom stereocenters. The van der Waals surface area contributed by atoms with E-state index in [0.29, 0.717) is 6.42 Å². The topological polar surface area (TPSA) is 97.7 Å². The second kappa shape index (κ2) is 7.45. The quantitative estimate of drug-likeness (QED) is 0.423. The van der Waals surface area contributed by atoms with E-state index in [1.165, 1.54) is 13.0 Å². The van der Waals surface area contributed by atoms with E-state index in [-0.39, 0.29) is 51.8 Å². The van der Waals surface area contributed by atoms with Gasteiger partial charge >= 0.3 is 5.97 Å². The van der Waals surface area contributed by atoms with Crippen molar-refractivity contribution in [1.29, 1.82) is 0 Å². The Hall–Kier alpha value is -1.12. The Labute approximate surface area is 198 Å². The van der Waals surface area contributed by atoms with Crippen LogP contribution in [0.25, 0.3) is 0 Å². The first-order chi connectivity index (χ1) is 14.4. The third kappa shape index (κ3) is 3.11. The monoisotopic (exact) mass is 556 g/mol. The highest BCUT2D eigenvalue weighted by Gasteiger charge is 2.70. The zero-order chi connectivity index (χ0) is 22.9. The van der Waals surface area contributed by atoms with Gasteiger partial charge in [0.05, 0.1) is 0 Å². The summed E-state index contributed by atoms with van der Waals surface area (Å²) < 4.78 is 4.88. The molecule has 0 amide bonds. The third-order valence-corrected chi connectivity index (χ3v) is 11.2. The number of halogens is 2. The standard InChI is InChI=1S/C23H26Br2O6/c1-11(26)31-10-16(29)23(30)7-5-13-17-18(15(28)9-22(13,23)3)21(2)6-4-12(27)8-14(21)19(24)20(17)25/h4,6,8,13,17-20,30H,5,7,9-10H2,1-3H3/t13-,17-,18-,19?,20?,21-,22-,23-/m0/s1. The van der Waals surface area contributed by atoms with Crippen molar-refractivity contribution in [2.45, 2.75) is 55.3 Å². The molecule has 168 valence electrons. The van der Waals surface area contributed by atoms with Crippen LogP contribution in [0.5, 0.6) is 0 Å². The average Bonchev–Trinajstić information content (AvgIpc) is 2.96. The summed E-state index contributed by atoms with van der Waals surface area (Å²) in [4.78, 5) is 49.6. The molecule has 4 aliphatic carbocycles. The van der Waals surface area contributed by atoms with E-state index in [0.717, 1.165) is 5.57 Å². The maximum absolute atomic E-state index is 13.7. The minimum absolute atomic E-state index is 0.0133. The van der Waals surface area contributed by atoms with E-state index in [4.69, 9.17) is 4.74 Å². The first kappa shape index (κ1) is 23.1. The molecular formula is C23H26Br2O6. The Morgan fingerprint density at radius 1 is 1.26 bits per heavy atom. The van der Waals surface area contributed by atoms with Crippen LogP contribution in [0, 0.1) is 28.6 Å². The molecule has 3 saturated carbocycles. The zero-order valence-electron chi connectivity index (χ0n) is 17.7. The number of fused-ring (bicyclic) bond motifs is 5. The molecule has 0 spiro atoms. The molecule has 4 rings (SSSR count). The lowest BCUT2D eigenvalue weighted by atomic mass is 9.46. The summed E-state index contributed by atoms with van der Waals surface area (Å²) in [5, 5.41) is 11.5. The molecular weight excluding hydrogens is 532 g/mol. The van der Waals surface area contributed by atoms with Crippen LogP contribution in [0.3, 0.4) is 0 Å². The van der Waals surface area contributed by atoms with Gasteiger partial charge in [-0.1, -0.05) is 51.8 Å². The number of hydrogen-bond acceptors (Lipinski definition) is 6. The predicted octanol–water partition coefficient (Wildman–Crippen LogP) is 3.08. The number of rotatable bonds is 3. The molecule has 0 aliphatic heterocycles. The number of aliphatic hydroxyl groups is 1. The van der Waals surface area contributed by atoms with E-state index < -0.39 is 34.8 Å². The minimum Gasteiger partial charge on any atom is -0.458 e. The van der Waals surface area contributed by atoms with E-state index in [9.17, 15) is 24.3 Å². The predicted molar refractivity (Wildman–Crippen MR) is 120 cm³/mol. The summed E-state index contributed by atoms with van der Waals surface area (Å²) in [7, 11) is 0. The first-order valence-electron chi connectivity index (χ1n) is 10.5. The van der Waals surface area contributed by atoms with Crippen LogP contribution in [0.1, 0.15) is 40.0 Å². The Balaban J connectivity index is 1.75. The van der Waals surface area contributed by atoms with Gasteiger partial charge in [-0.3, -0.25) is 19.2 Å². The van der Waals surface area contributed by atoms with Gasteiger partial charge in [0, 0.05) is 39.7 Å². The van der Waals surface area contributed by atoms with Crippen LogP contribution >= 0.6 is 31.9 Å². The number of allylic oxidation sites excluding steroid dienone is 4. The zero-order valence-corrected chi connectivity index (χ0v) is 20.9. The number of ether oxygens (including phenoxy) is 1. The second-order valence-electron chi connectivity index (χ2n) is 9.79. The number of hydrogen-bond donors (Lipinski definition) is 1. The molecule has 8 atom stereocenters. The van der Waals surface area contributed by atoms with Gasteiger partial charge < -0.3 is 9.84 Å². The summed E-state index contributed by atoms with van der Waals surface area (Å²) in [5.74, 6) is -1.81. The molecule has 4 aliphatic rings. The van der Waals surface area contributed by atoms with Crippen molar-refractivity contribution in [3.63, 3.8) is 0 Å². The number of carbonyl (C=O) groups is 4. The van der Waals surface area contributed by atoms with Gasteiger partial charge in [-0.15, -0.1) is 0 Å². The van der Waals surface area contributed by atoms with E-state index in [2.05, 4.69) is 31.9 Å². The van der Waals surface area contributed by atoms with Gasteiger partial charge in [-0.25, -0.2) is 0 Å². The van der Waals surface area contributed by atoms with Crippen LogP contribution in [-0.2, 0) is 23.9 Å². The normalized spacial score (nSPS) is 46.0. The smallest absolute Gasteiger partial charge is 0.303 e. The minimum atomic E-state index is -1.72. The van der Waals surface area contributed by atoms with Crippen molar-refractivity contribution in [1.82, 2.24) is 0 Å². The van der Waals surface area contributed by atoms with Crippen molar-refractivity contribution in [3.05, 3.63) is 23.8 Å². The number of alkyl halides is 2. The second-order valence-corrected chi connectivity index (χ2v) is 11.8. The van der Waals surface area contributed by atoms with Crippen molar-refractivity contribution in [3.8, 4) is 0 Å². The van der Waals surface area contributed by atoms with Gasteiger partial charge in [0.2, 0.25) is 5.78 Å². The Kier molecular flexibility index (Phi) is 5.54. The Morgan fingerprint density at radius 3 is 2.58 bits per heavy atom. The number of carbonyl (C=O) groups excluding carboxylic acids is 4. The molecule has 0 saturated heterocycles. The lowest BCUT2D eigenvalue weighted by Crippen LogP contribution is -2.64. The molecule has 31 heavy (non-hydrogen) atoms. The van der Waals surface area contributed by atoms with E-state index in [1.807, 2.05) is 19.9 Å². The summed E-state index contributed by atoms with van der Waals surface area (Å²) in [5.41, 5.74) is -2.39. The van der Waals surface area contributed by atoms with Gasteiger partial charge in [0.15, 0.2) is 12.4 Å². The Bertz CT molecular complexity index is 940. The van der Waals surface area contributed by atoms with Crippen LogP contribution in [0.4, 0.5) is 0 Å². The SMILES string of the molecule is CC(=O)OCC(=O)[C@@]1(O)CC[C@H]2[C@@H]3C(Br)C(Br)C4=CC(=O)C=C[C@]4(C)[C@H]3C(=O)C[C@@]21C. The van der Waals surface area contributed by atoms with Crippen molar-refractivity contribution < 1.29 is 29.0 Å². The maximum Gasteiger partial charge on any atom is 0.303 e. The molecule has 0 heterocycles. The third-order valence-electron chi connectivity index (χ3n) is 8.29. The van der Waals surface area contributed by atoms with Crippen LogP contribution in [0.15, 0.2) is 23.8 Å². The summed E-state index contributed by atoms with van der Waals surface area (Å²) in [6.07, 6.45) is 5.89. The summed E-state index contributed by atoms with van der Waals surface area (Å²) in [6, 6.07) is 0. The van der Waals surface area contributed by atoms with Crippen LogP contribution < -0.4 is 0 Å². The van der Waals surface area contributed by atoms with Crippen molar-refractivity contribution >= 4 is 55.2 Å². The molecule has 8 heteroatoms. The fourth-order valence-corrected chi connectivity index (χ4v) is 8.64. The number of Topliss-reactive ketones (excluding diaryl/α,β-unsaturated/α-hetero) is 2. The van der Waals surface area contributed by atoms with Gasteiger partial charge in [-0.2, -0.15) is 0 Å². The molecule has 0 aromatic rings. The molecule has 0 bridgehead atoms. The van der Waals surface area contributed by atoms with E-state index in [1.54, 1.807) is 6.08 Å². The number of ketones is 3. The van der Waals surface area contributed by atoms with Crippen molar-refractivity contribution in [2.24, 2.45) is 28.6 Å². The highest BCUT2D eigenvalue weighted by atomic mass is 79.9. The molecule has 1 N–H and O–H groups in total. The molecule has 6 nitrogen and oxygen atoms in total. The van der Waals surface area contributed by atoms with Gasteiger partial charge in [0.25, 0.3) is 0 Å². The summed E-state index contributed by atoms with van der Waals surface area (Å²) in [6.45, 7) is 4.54. The fraction of sp³-hybridized carbons (Fsp3) is 0.652. The van der Waals surface area contributed by atoms with Crippen molar-refractivity contribution in [2.75, 3.05) is 6.61 Å². The maximum atomic E-state index is 13.7. The summed E-state index contributed by atoms with van der Waals surface area (Å²) >= 11 is 7.56. The highest BCUT2D eigenvalue weighted by Crippen LogP contribution is 2.67. The van der Waals surface area contributed by atoms with E-state index >= 15 is 0 Å². The lowest BCUT2D eigenvalue weighted by molar-refractivity contribution is -0.171. The van der Waals surface area contributed by atoms with Gasteiger partial charge in [0.1, 0.15) is 11.4 Å². The molecule has 3 fully saturated rings. The van der Waals surface area contributed by atoms with Gasteiger partial charge in [-0.05, 0) is 42.4 Å². The fourth-order valence-electron chi connectivity index (χ4n) is 6.71. The van der Waals surface area contributed by atoms with Crippen LogP contribution in [-0.4, -0.2) is 50.3 Å². The molecule has 0 radical (unpaired) electrons. The molecule has 0 aromatic heterocycles. The lowest BCUT2D eigenvalue weighted by Gasteiger charge is -2.59. The van der Waals surface area contributed by atoms with Crippen LogP contribution in [0.2, 0.25) is 0 Å². The largest absolute Gasteiger partial charge is 0.458 e. The average molecular weight is 558 g/mol.